The summed E-state index contributed by atoms with van der Waals surface area (Å²) in [6.45, 7) is 2.14. The molecule has 0 saturated carbocycles. The van der Waals surface area contributed by atoms with Gasteiger partial charge in [-0.05, 0) is 29.3 Å². The Kier molecular flexibility index (Phi) is 7.09. The van der Waals surface area contributed by atoms with Gasteiger partial charge in [-0.2, -0.15) is 0 Å². The van der Waals surface area contributed by atoms with Gasteiger partial charge in [-0.3, -0.25) is 25.2 Å². The number of benzene rings is 2. The summed E-state index contributed by atoms with van der Waals surface area (Å²) in [5, 5.41) is 11.3. The van der Waals surface area contributed by atoms with Crippen molar-refractivity contribution in [2.75, 3.05) is 26.2 Å². The molecule has 1 aliphatic rings. The molecule has 10 nitrogen and oxygen atoms in total. The molecule has 0 aliphatic carbocycles. The number of carbonyl (C=O) groups excluding carboxylic acids is 2. The van der Waals surface area contributed by atoms with E-state index < -0.39 is 22.7 Å². The van der Waals surface area contributed by atoms with E-state index >= 15 is 0 Å². The van der Waals surface area contributed by atoms with Gasteiger partial charge in [-0.1, -0.05) is 54.1 Å². The van der Waals surface area contributed by atoms with Gasteiger partial charge in [0.1, 0.15) is 4.92 Å². The fourth-order valence-electron chi connectivity index (χ4n) is 3.88. The Morgan fingerprint density at radius 1 is 0.912 bits per heavy atom. The van der Waals surface area contributed by atoms with Gasteiger partial charge in [0, 0.05) is 31.2 Å². The van der Waals surface area contributed by atoms with Crippen LogP contribution < -0.4 is 10.9 Å². The molecule has 176 valence electrons. The molecule has 0 bridgehead atoms. The minimum Gasteiger partial charge on any atom is -0.395 e. The monoisotopic (exact) mass is 483 g/mol. The second kappa shape index (κ2) is 10.4. The molecular weight excluding hydrogens is 462 g/mol. The van der Waals surface area contributed by atoms with Gasteiger partial charge >= 0.3 is 17.8 Å². The molecule has 1 unspecified atom stereocenters. The van der Waals surface area contributed by atoms with E-state index in [1.165, 1.54) is 6.07 Å². The Morgan fingerprint density at radius 2 is 1.56 bits per heavy atom. The number of hydrogen-bond donors (Lipinski definition) is 2. The molecule has 1 saturated heterocycles. The SMILES string of the molecule is O=C(NNC(=O)N1CCN(C(c2ccccc2)c2ccc(Cl)cc2)CC1)c1ccc([N+](=O)[O-])o1. The first-order chi connectivity index (χ1) is 16.4. The summed E-state index contributed by atoms with van der Waals surface area (Å²) < 4.78 is 4.83. The average Bonchev–Trinajstić information content (AvgIpc) is 3.36. The number of nitrogens with one attached hydrogen (secondary N) is 2. The quantitative estimate of drug-likeness (QED) is 0.422. The van der Waals surface area contributed by atoms with Crippen molar-refractivity contribution in [1.29, 1.82) is 0 Å². The highest BCUT2D eigenvalue weighted by Crippen LogP contribution is 2.30. The number of halogens is 1. The average molecular weight is 484 g/mol. The van der Waals surface area contributed by atoms with Crippen LogP contribution in [-0.4, -0.2) is 52.8 Å². The van der Waals surface area contributed by atoms with E-state index in [-0.39, 0.29) is 11.8 Å². The first kappa shape index (κ1) is 23.3. The normalized spacial score (nSPS) is 14.9. The summed E-state index contributed by atoms with van der Waals surface area (Å²) in [5.74, 6) is -1.61. The Morgan fingerprint density at radius 3 is 2.18 bits per heavy atom. The molecule has 1 aliphatic heterocycles. The summed E-state index contributed by atoms with van der Waals surface area (Å²) in [6.07, 6.45) is 0. The van der Waals surface area contributed by atoms with Gasteiger partial charge in [-0.15, -0.1) is 0 Å². The summed E-state index contributed by atoms with van der Waals surface area (Å²) in [5.41, 5.74) is 6.79. The molecule has 1 aromatic heterocycles. The lowest BCUT2D eigenvalue weighted by atomic mass is 9.96. The fraction of sp³-hybridized carbons (Fsp3) is 0.217. The number of piperazine rings is 1. The Balaban J connectivity index is 1.36. The molecule has 0 spiro atoms. The van der Waals surface area contributed by atoms with Crippen LogP contribution in [0.1, 0.15) is 27.7 Å². The minimum atomic E-state index is -0.785. The third-order valence-corrected chi connectivity index (χ3v) is 5.80. The lowest BCUT2D eigenvalue weighted by molar-refractivity contribution is -0.402. The van der Waals surface area contributed by atoms with Crippen LogP contribution >= 0.6 is 11.6 Å². The maximum absolute atomic E-state index is 12.5. The highest BCUT2D eigenvalue weighted by Gasteiger charge is 2.28. The summed E-state index contributed by atoms with van der Waals surface area (Å²) in [4.78, 5) is 38.4. The lowest BCUT2D eigenvalue weighted by Crippen LogP contribution is -2.55. The number of nitrogens with zero attached hydrogens (tertiary/aromatic N) is 3. The van der Waals surface area contributed by atoms with Crippen LogP contribution in [0.25, 0.3) is 0 Å². The molecule has 3 amide bonds. The van der Waals surface area contributed by atoms with Crippen molar-refractivity contribution >= 4 is 29.4 Å². The zero-order valence-electron chi connectivity index (χ0n) is 18.0. The molecule has 1 fully saturated rings. The molecular formula is C23H22ClN5O5. The second-order valence-electron chi connectivity index (χ2n) is 7.67. The number of hydrogen-bond acceptors (Lipinski definition) is 6. The zero-order valence-corrected chi connectivity index (χ0v) is 18.8. The van der Waals surface area contributed by atoms with Crippen LogP contribution in [0.4, 0.5) is 10.7 Å². The van der Waals surface area contributed by atoms with Crippen molar-refractivity contribution in [3.05, 3.63) is 98.8 Å². The first-order valence-electron chi connectivity index (χ1n) is 10.6. The third kappa shape index (κ3) is 5.36. The van der Waals surface area contributed by atoms with Crippen molar-refractivity contribution in [2.24, 2.45) is 0 Å². The van der Waals surface area contributed by atoms with Gasteiger partial charge < -0.3 is 9.32 Å². The zero-order chi connectivity index (χ0) is 24.1. The maximum Gasteiger partial charge on any atom is 0.433 e. The lowest BCUT2D eigenvalue weighted by Gasteiger charge is -2.39. The highest BCUT2D eigenvalue weighted by atomic mass is 35.5. The number of carbonyl (C=O) groups is 2. The molecule has 11 heteroatoms. The standard InChI is InChI=1S/C23H22ClN5O5/c24-18-8-6-17(7-9-18)21(16-4-2-1-3-5-16)27-12-14-28(15-13-27)23(31)26-25-22(30)19-10-11-20(34-19)29(32)33/h1-11,21H,12-15H2,(H,25,30)(H,26,31). The van der Waals surface area contributed by atoms with Crippen molar-refractivity contribution in [3.8, 4) is 0 Å². The van der Waals surface area contributed by atoms with Crippen LogP contribution in [0.3, 0.4) is 0 Å². The van der Waals surface area contributed by atoms with E-state index in [2.05, 4.69) is 27.9 Å². The van der Waals surface area contributed by atoms with Crippen LogP contribution in [-0.2, 0) is 0 Å². The second-order valence-corrected chi connectivity index (χ2v) is 8.10. The van der Waals surface area contributed by atoms with Crippen molar-refractivity contribution in [1.82, 2.24) is 20.7 Å². The maximum atomic E-state index is 12.5. The largest absolute Gasteiger partial charge is 0.433 e. The molecule has 1 atom stereocenters. The van der Waals surface area contributed by atoms with E-state index in [1.54, 1.807) is 4.90 Å². The molecule has 2 N–H and O–H groups in total. The van der Waals surface area contributed by atoms with E-state index in [1.807, 2.05) is 42.5 Å². The summed E-state index contributed by atoms with van der Waals surface area (Å²) in [6, 6.07) is 19.6. The third-order valence-electron chi connectivity index (χ3n) is 5.55. The van der Waals surface area contributed by atoms with Crippen LogP contribution in [0, 0.1) is 10.1 Å². The predicted molar refractivity (Wildman–Crippen MR) is 124 cm³/mol. The smallest absolute Gasteiger partial charge is 0.395 e. The van der Waals surface area contributed by atoms with E-state index in [0.29, 0.717) is 31.2 Å². The molecule has 2 aromatic carbocycles. The van der Waals surface area contributed by atoms with Crippen LogP contribution in [0.5, 0.6) is 0 Å². The molecule has 2 heterocycles. The molecule has 3 aromatic rings. The topological polar surface area (TPSA) is 121 Å². The molecule has 34 heavy (non-hydrogen) atoms. The molecule has 4 rings (SSSR count). The number of amides is 3. The van der Waals surface area contributed by atoms with Crippen molar-refractivity contribution in [3.63, 3.8) is 0 Å². The van der Waals surface area contributed by atoms with Crippen LogP contribution in [0.15, 0.2) is 71.1 Å². The van der Waals surface area contributed by atoms with Gasteiger partial charge in [0.25, 0.3) is 0 Å². The van der Waals surface area contributed by atoms with Crippen molar-refractivity contribution in [2.45, 2.75) is 6.04 Å². The number of nitro groups is 1. The van der Waals surface area contributed by atoms with E-state index in [9.17, 15) is 19.7 Å². The number of furan rings is 1. The Labute approximate surface area is 200 Å². The van der Waals surface area contributed by atoms with E-state index in [0.717, 1.165) is 17.2 Å². The first-order valence-corrected chi connectivity index (χ1v) is 10.9. The van der Waals surface area contributed by atoms with Gasteiger partial charge in [-0.25, -0.2) is 10.2 Å². The van der Waals surface area contributed by atoms with Gasteiger partial charge in [0.15, 0.2) is 0 Å². The molecule has 0 radical (unpaired) electrons. The van der Waals surface area contributed by atoms with Crippen molar-refractivity contribution < 1.29 is 18.9 Å². The van der Waals surface area contributed by atoms with E-state index in [4.69, 9.17) is 16.0 Å². The fourth-order valence-corrected chi connectivity index (χ4v) is 4.00. The summed E-state index contributed by atoms with van der Waals surface area (Å²) in [7, 11) is 0. The van der Waals surface area contributed by atoms with Gasteiger partial charge in [0.2, 0.25) is 5.76 Å². The van der Waals surface area contributed by atoms with Crippen LogP contribution in [0.2, 0.25) is 5.02 Å². The Bertz CT molecular complexity index is 1160. The Hall–Kier alpha value is -3.89. The predicted octanol–water partition coefficient (Wildman–Crippen LogP) is 3.60. The number of hydrazine groups is 1. The summed E-state index contributed by atoms with van der Waals surface area (Å²) >= 11 is 6.08. The minimum absolute atomic E-state index is 0.0122. The van der Waals surface area contributed by atoms with Gasteiger partial charge in [0.05, 0.1) is 12.1 Å². The number of urea groups is 1. The highest BCUT2D eigenvalue weighted by molar-refractivity contribution is 6.30. The number of rotatable bonds is 5.